The van der Waals surface area contributed by atoms with Gasteiger partial charge in [0.05, 0.1) is 19.5 Å². The Morgan fingerprint density at radius 1 is 1.33 bits per heavy atom. The molecule has 0 aromatic carbocycles. The zero-order chi connectivity index (χ0) is 17.3. The first-order valence-electron chi connectivity index (χ1n) is 7.82. The third-order valence-corrected chi connectivity index (χ3v) is 3.93. The van der Waals surface area contributed by atoms with Gasteiger partial charge in [-0.3, -0.25) is 4.57 Å². The number of hydrogen-bond donors (Lipinski definition) is 4. The predicted octanol–water partition coefficient (Wildman–Crippen LogP) is -0.801. The van der Waals surface area contributed by atoms with E-state index >= 15 is 0 Å². The standard InChI is InChI=1S/C14H21N5O5/c1-2-3-4-23-12-8-11(17-14(15)18-12)19(6-16-8)13-10(22)9(21)7(5-20)24-13/h6-7,9-10,13,20-22H,2-5H2,1H3,(H2,15,17,18)/t7-,9-,10-,13-/m1/s1. The molecule has 10 heteroatoms. The van der Waals surface area contributed by atoms with E-state index in [1.165, 1.54) is 10.9 Å². The van der Waals surface area contributed by atoms with Crippen LogP contribution in [-0.2, 0) is 4.74 Å². The first-order chi connectivity index (χ1) is 11.6. The van der Waals surface area contributed by atoms with E-state index in [9.17, 15) is 15.3 Å². The molecule has 2 aromatic heterocycles. The fraction of sp³-hybridized carbons (Fsp3) is 0.643. The molecule has 2 aromatic rings. The summed E-state index contributed by atoms with van der Waals surface area (Å²) in [4.78, 5) is 12.4. The summed E-state index contributed by atoms with van der Waals surface area (Å²) < 4.78 is 12.6. The van der Waals surface area contributed by atoms with Crippen LogP contribution in [-0.4, -0.2) is 66.4 Å². The number of aromatic nitrogens is 4. The van der Waals surface area contributed by atoms with Crippen molar-refractivity contribution in [3.63, 3.8) is 0 Å². The van der Waals surface area contributed by atoms with Gasteiger partial charge in [0.25, 0.3) is 0 Å². The van der Waals surface area contributed by atoms with Crippen LogP contribution in [0.25, 0.3) is 11.2 Å². The van der Waals surface area contributed by atoms with E-state index in [1.807, 2.05) is 6.92 Å². The second-order valence-corrected chi connectivity index (χ2v) is 5.64. The number of nitrogens with two attached hydrogens (primary N) is 1. The summed E-state index contributed by atoms with van der Waals surface area (Å²) in [6, 6.07) is 0. The van der Waals surface area contributed by atoms with Crippen molar-refractivity contribution in [1.82, 2.24) is 19.5 Å². The molecule has 0 spiro atoms. The quantitative estimate of drug-likeness (QED) is 0.496. The number of anilines is 1. The van der Waals surface area contributed by atoms with Crippen LogP contribution in [0.2, 0.25) is 0 Å². The maximum Gasteiger partial charge on any atom is 0.247 e. The van der Waals surface area contributed by atoms with E-state index in [0.717, 1.165) is 12.8 Å². The van der Waals surface area contributed by atoms with Gasteiger partial charge in [-0.15, -0.1) is 0 Å². The van der Waals surface area contributed by atoms with E-state index < -0.39 is 31.1 Å². The van der Waals surface area contributed by atoms with Crippen molar-refractivity contribution in [2.45, 2.75) is 44.3 Å². The maximum absolute atomic E-state index is 10.2. The van der Waals surface area contributed by atoms with Gasteiger partial charge < -0.3 is 30.5 Å². The Labute approximate surface area is 137 Å². The number of aliphatic hydroxyl groups excluding tert-OH is 3. The summed E-state index contributed by atoms with van der Waals surface area (Å²) in [7, 11) is 0. The van der Waals surface area contributed by atoms with Crippen LogP contribution in [0.1, 0.15) is 26.0 Å². The van der Waals surface area contributed by atoms with Crippen LogP contribution in [0, 0.1) is 0 Å². The predicted molar refractivity (Wildman–Crippen MR) is 83.1 cm³/mol. The largest absolute Gasteiger partial charge is 0.476 e. The maximum atomic E-state index is 10.2. The van der Waals surface area contributed by atoms with Gasteiger partial charge >= 0.3 is 0 Å². The van der Waals surface area contributed by atoms with Crippen LogP contribution in [0.5, 0.6) is 5.88 Å². The third kappa shape index (κ3) is 2.88. The summed E-state index contributed by atoms with van der Waals surface area (Å²) in [5.41, 5.74) is 6.45. The number of fused-ring (bicyclic) bond motifs is 1. The highest BCUT2D eigenvalue weighted by Crippen LogP contribution is 2.32. The van der Waals surface area contributed by atoms with E-state index in [2.05, 4.69) is 15.0 Å². The smallest absolute Gasteiger partial charge is 0.247 e. The van der Waals surface area contributed by atoms with Crippen LogP contribution < -0.4 is 10.5 Å². The molecule has 1 saturated heterocycles. The van der Waals surface area contributed by atoms with Crippen molar-refractivity contribution >= 4 is 17.1 Å². The molecule has 24 heavy (non-hydrogen) atoms. The van der Waals surface area contributed by atoms with Gasteiger partial charge in [0.2, 0.25) is 11.8 Å². The number of aliphatic hydroxyl groups is 3. The number of imidazole rings is 1. The molecule has 0 bridgehead atoms. The Hall–Kier alpha value is -2.01. The lowest BCUT2D eigenvalue weighted by molar-refractivity contribution is -0.0511. The zero-order valence-corrected chi connectivity index (χ0v) is 13.2. The minimum atomic E-state index is -1.24. The molecule has 0 unspecified atom stereocenters. The lowest BCUT2D eigenvalue weighted by atomic mass is 10.1. The van der Waals surface area contributed by atoms with Crippen molar-refractivity contribution in [2.75, 3.05) is 18.9 Å². The van der Waals surface area contributed by atoms with Crippen molar-refractivity contribution in [2.24, 2.45) is 0 Å². The van der Waals surface area contributed by atoms with Gasteiger partial charge in [0.1, 0.15) is 18.3 Å². The molecule has 0 saturated carbocycles. The molecule has 132 valence electrons. The summed E-state index contributed by atoms with van der Waals surface area (Å²) in [5.74, 6) is 0.263. The average molecular weight is 339 g/mol. The second-order valence-electron chi connectivity index (χ2n) is 5.64. The van der Waals surface area contributed by atoms with Crippen LogP contribution >= 0.6 is 0 Å². The highest BCUT2D eigenvalue weighted by atomic mass is 16.6. The van der Waals surface area contributed by atoms with Gasteiger partial charge in [0.15, 0.2) is 17.4 Å². The fourth-order valence-corrected chi connectivity index (χ4v) is 2.62. The molecule has 1 fully saturated rings. The minimum absolute atomic E-state index is 0.00231. The minimum Gasteiger partial charge on any atom is -0.476 e. The fourth-order valence-electron chi connectivity index (χ4n) is 2.62. The van der Waals surface area contributed by atoms with Crippen molar-refractivity contribution in [3.05, 3.63) is 6.33 Å². The van der Waals surface area contributed by atoms with Crippen LogP contribution in [0.4, 0.5) is 5.95 Å². The monoisotopic (exact) mass is 339 g/mol. The SMILES string of the molecule is CCCCOc1nc(N)nc2c1ncn2[C@@H]1O[C@H](CO)[C@@H](O)[C@H]1O. The molecule has 0 aliphatic carbocycles. The number of unbranched alkanes of at least 4 members (excludes halogenated alkanes) is 1. The summed E-state index contributed by atoms with van der Waals surface area (Å²) in [6.45, 7) is 2.11. The molecule has 10 nitrogen and oxygen atoms in total. The highest BCUT2D eigenvalue weighted by Gasteiger charge is 2.44. The van der Waals surface area contributed by atoms with Gasteiger partial charge in [-0.25, -0.2) is 4.98 Å². The van der Waals surface area contributed by atoms with E-state index in [4.69, 9.17) is 15.2 Å². The van der Waals surface area contributed by atoms with Crippen molar-refractivity contribution < 1.29 is 24.8 Å². The van der Waals surface area contributed by atoms with E-state index in [-0.39, 0.29) is 11.8 Å². The number of rotatable bonds is 6. The molecule has 5 N–H and O–H groups in total. The molecule has 0 amide bonds. The Morgan fingerprint density at radius 2 is 2.12 bits per heavy atom. The molecule has 0 radical (unpaired) electrons. The lowest BCUT2D eigenvalue weighted by Crippen LogP contribution is -2.33. The van der Waals surface area contributed by atoms with Crippen molar-refractivity contribution in [3.8, 4) is 5.88 Å². The molecular formula is C14H21N5O5. The van der Waals surface area contributed by atoms with Gasteiger partial charge in [-0.2, -0.15) is 9.97 Å². The molecule has 3 heterocycles. The van der Waals surface area contributed by atoms with Gasteiger partial charge in [0, 0.05) is 0 Å². The number of hydrogen-bond acceptors (Lipinski definition) is 9. The van der Waals surface area contributed by atoms with E-state index in [0.29, 0.717) is 17.8 Å². The van der Waals surface area contributed by atoms with Crippen LogP contribution in [0.3, 0.4) is 0 Å². The first-order valence-corrected chi connectivity index (χ1v) is 7.82. The molecule has 1 aliphatic heterocycles. The first kappa shape index (κ1) is 16.8. The van der Waals surface area contributed by atoms with Crippen molar-refractivity contribution in [1.29, 1.82) is 0 Å². The highest BCUT2D eigenvalue weighted by molar-refractivity contribution is 5.77. The number of nitrogen functional groups attached to an aromatic ring is 1. The normalized spacial score (nSPS) is 27.0. The average Bonchev–Trinajstić information content (AvgIpc) is 3.10. The van der Waals surface area contributed by atoms with Crippen LogP contribution in [0.15, 0.2) is 6.33 Å². The van der Waals surface area contributed by atoms with E-state index in [1.54, 1.807) is 0 Å². The molecular weight excluding hydrogens is 318 g/mol. The topological polar surface area (TPSA) is 149 Å². The number of nitrogens with zero attached hydrogens (tertiary/aromatic N) is 4. The molecule has 4 atom stereocenters. The lowest BCUT2D eigenvalue weighted by Gasteiger charge is -2.16. The number of ether oxygens (including phenoxy) is 2. The Bertz CT molecular complexity index is 708. The molecule has 1 aliphatic rings. The Balaban J connectivity index is 1.95. The molecule has 3 rings (SSSR count). The Morgan fingerprint density at radius 3 is 2.79 bits per heavy atom. The zero-order valence-electron chi connectivity index (χ0n) is 13.2. The Kier molecular flexibility index (Phi) is 4.81. The summed E-state index contributed by atoms with van der Waals surface area (Å²) >= 11 is 0. The second kappa shape index (κ2) is 6.85. The summed E-state index contributed by atoms with van der Waals surface area (Å²) in [5, 5.41) is 29.3. The van der Waals surface area contributed by atoms with Gasteiger partial charge in [-0.05, 0) is 6.42 Å². The third-order valence-electron chi connectivity index (χ3n) is 3.93. The van der Waals surface area contributed by atoms with Gasteiger partial charge in [-0.1, -0.05) is 13.3 Å². The summed E-state index contributed by atoms with van der Waals surface area (Å²) in [6.07, 6.45) is -1.04.